The Labute approximate surface area is 133 Å². The number of fused-ring (bicyclic) bond motifs is 1. The van der Waals surface area contributed by atoms with Gasteiger partial charge in [-0.05, 0) is 32.0 Å². The number of benzene rings is 1. The van der Waals surface area contributed by atoms with Gasteiger partial charge >= 0.3 is 0 Å². The van der Waals surface area contributed by atoms with Crippen molar-refractivity contribution in [2.45, 2.75) is 19.9 Å². The van der Waals surface area contributed by atoms with E-state index in [4.69, 9.17) is 0 Å². The third-order valence-corrected chi connectivity index (χ3v) is 4.50. The summed E-state index contributed by atoms with van der Waals surface area (Å²) in [7, 11) is 2.17. The highest BCUT2D eigenvalue weighted by molar-refractivity contribution is 5.91. The molecular weight excluding hydrogens is 268 g/mol. The number of hydrogen-bond acceptors (Lipinski definition) is 1. The van der Waals surface area contributed by atoms with Crippen molar-refractivity contribution in [1.82, 2.24) is 9.47 Å². The first-order chi connectivity index (χ1) is 10.7. The molecular formula is C20H24N2. The number of rotatable bonds is 4. The first-order valence-electron chi connectivity index (χ1n) is 7.95. The largest absolute Gasteiger partial charge is 0.340 e. The Morgan fingerprint density at radius 2 is 2.05 bits per heavy atom. The van der Waals surface area contributed by atoms with Gasteiger partial charge in [0.15, 0.2) is 0 Å². The zero-order chi connectivity index (χ0) is 15.5. The van der Waals surface area contributed by atoms with Crippen LogP contribution in [-0.4, -0.2) is 29.6 Å². The van der Waals surface area contributed by atoms with Crippen LogP contribution < -0.4 is 0 Å². The van der Waals surface area contributed by atoms with Crippen LogP contribution in [-0.2, 0) is 6.54 Å². The fourth-order valence-corrected chi connectivity index (χ4v) is 3.16. The van der Waals surface area contributed by atoms with Crippen molar-refractivity contribution in [3.8, 4) is 0 Å². The molecule has 0 amide bonds. The molecule has 0 atom stereocenters. The molecule has 0 N–H and O–H groups in total. The van der Waals surface area contributed by atoms with Gasteiger partial charge in [0.25, 0.3) is 0 Å². The predicted molar refractivity (Wildman–Crippen MR) is 96.1 cm³/mol. The summed E-state index contributed by atoms with van der Waals surface area (Å²) in [5.74, 6) is 0. The van der Waals surface area contributed by atoms with Gasteiger partial charge in [-0.15, -0.1) is 6.58 Å². The van der Waals surface area contributed by atoms with E-state index in [0.29, 0.717) is 0 Å². The second-order valence-corrected chi connectivity index (χ2v) is 6.04. The summed E-state index contributed by atoms with van der Waals surface area (Å²) in [6, 6.07) is 8.63. The smallest absolute Gasteiger partial charge is 0.0491 e. The number of nitrogens with zero attached hydrogens (tertiary/aromatic N) is 2. The van der Waals surface area contributed by atoms with E-state index in [-0.39, 0.29) is 0 Å². The van der Waals surface area contributed by atoms with Crippen LogP contribution in [0, 0.1) is 6.92 Å². The van der Waals surface area contributed by atoms with Crippen molar-refractivity contribution in [2.24, 2.45) is 0 Å². The normalized spacial score (nSPS) is 16.4. The first-order valence-corrected chi connectivity index (χ1v) is 7.95. The number of para-hydroxylation sites is 1. The first kappa shape index (κ1) is 14.9. The van der Waals surface area contributed by atoms with E-state index >= 15 is 0 Å². The van der Waals surface area contributed by atoms with E-state index in [2.05, 4.69) is 72.5 Å². The Balaban J connectivity index is 2.00. The summed E-state index contributed by atoms with van der Waals surface area (Å²) in [6.07, 6.45) is 10.0. The summed E-state index contributed by atoms with van der Waals surface area (Å²) in [6.45, 7) is 9.14. The SMILES string of the molecule is C=CCn1c(C)c(C=CC2=CCN(C)CC2)c2ccccc21. The molecule has 2 heteroatoms. The molecule has 114 valence electrons. The van der Waals surface area contributed by atoms with Crippen molar-refractivity contribution < 1.29 is 0 Å². The third-order valence-electron chi connectivity index (χ3n) is 4.50. The molecule has 0 radical (unpaired) electrons. The monoisotopic (exact) mass is 292 g/mol. The highest BCUT2D eigenvalue weighted by Gasteiger charge is 2.11. The van der Waals surface area contributed by atoms with Gasteiger partial charge in [0.05, 0.1) is 0 Å². The zero-order valence-electron chi connectivity index (χ0n) is 13.5. The molecule has 1 aliphatic heterocycles. The number of aromatic nitrogens is 1. The molecule has 2 heterocycles. The minimum Gasteiger partial charge on any atom is -0.340 e. The lowest BCUT2D eigenvalue weighted by Gasteiger charge is -2.20. The van der Waals surface area contributed by atoms with E-state index in [1.54, 1.807) is 0 Å². The highest BCUT2D eigenvalue weighted by atomic mass is 15.1. The van der Waals surface area contributed by atoms with Crippen LogP contribution in [0.4, 0.5) is 0 Å². The highest BCUT2D eigenvalue weighted by Crippen LogP contribution is 2.27. The van der Waals surface area contributed by atoms with Gasteiger partial charge in [-0.2, -0.15) is 0 Å². The van der Waals surface area contributed by atoms with Crippen LogP contribution in [0.5, 0.6) is 0 Å². The molecule has 1 aromatic carbocycles. The zero-order valence-corrected chi connectivity index (χ0v) is 13.5. The molecule has 2 aromatic rings. The minimum atomic E-state index is 0.855. The van der Waals surface area contributed by atoms with E-state index in [1.165, 1.54) is 27.7 Å². The summed E-state index contributed by atoms with van der Waals surface area (Å²) < 4.78 is 2.34. The maximum Gasteiger partial charge on any atom is 0.0491 e. The van der Waals surface area contributed by atoms with Gasteiger partial charge in [0.2, 0.25) is 0 Å². The molecule has 1 aromatic heterocycles. The van der Waals surface area contributed by atoms with Gasteiger partial charge in [-0.3, -0.25) is 0 Å². The van der Waals surface area contributed by atoms with E-state index < -0.39 is 0 Å². The molecule has 0 fully saturated rings. The van der Waals surface area contributed by atoms with Crippen LogP contribution in [0.25, 0.3) is 17.0 Å². The van der Waals surface area contributed by atoms with Crippen molar-refractivity contribution in [2.75, 3.05) is 20.1 Å². The van der Waals surface area contributed by atoms with E-state index in [0.717, 1.165) is 26.1 Å². The Morgan fingerprint density at radius 3 is 2.77 bits per heavy atom. The topological polar surface area (TPSA) is 8.17 Å². The Kier molecular flexibility index (Phi) is 4.30. The summed E-state index contributed by atoms with van der Waals surface area (Å²) in [5.41, 5.74) is 5.37. The quantitative estimate of drug-likeness (QED) is 0.758. The maximum absolute atomic E-state index is 3.89. The van der Waals surface area contributed by atoms with Crippen LogP contribution in [0.15, 0.2) is 54.6 Å². The molecule has 22 heavy (non-hydrogen) atoms. The van der Waals surface area contributed by atoms with Gasteiger partial charge in [-0.1, -0.05) is 42.5 Å². The second kappa shape index (κ2) is 6.37. The minimum absolute atomic E-state index is 0.855. The molecule has 0 spiro atoms. The van der Waals surface area contributed by atoms with Gasteiger partial charge in [-0.25, -0.2) is 0 Å². The summed E-state index contributed by atoms with van der Waals surface area (Å²) in [5, 5.41) is 1.33. The van der Waals surface area contributed by atoms with E-state index in [9.17, 15) is 0 Å². The molecule has 1 aliphatic rings. The lowest BCUT2D eigenvalue weighted by molar-refractivity contribution is 0.361. The molecule has 0 saturated carbocycles. The van der Waals surface area contributed by atoms with Crippen LogP contribution in [0.3, 0.4) is 0 Å². The van der Waals surface area contributed by atoms with Gasteiger partial charge in [0.1, 0.15) is 0 Å². The fourth-order valence-electron chi connectivity index (χ4n) is 3.16. The number of allylic oxidation sites excluding steroid dienone is 2. The third kappa shape index (κ3) is 2.79. The van der Waals surface area contributed by atoms with E-state index in [1.807, 2.05) is 6.08 Å². The lowest BCUT2D eigenvalue weighted by Crippen LogP contribution is -2.23. The van der Waals surface area contributed by atoms with Crippen LogP contribution >= 0.6 is 0 Å². The molecule has 3 rings (SSSR count). The molecule has 0 saturated heterocycles. The summed E-state index contributed by atoms with van der Waals surface area (Å²) >= 11 is 0. The second-order valence-electron chi connectivity index (χ2n) is 6.04. The number of hydrogen-bond donors (Lipinski definition) is 0. The number of likely N-dealkylation sites (N-methyl/N-ethyl adjacent to an activating group) is 1. The fraction of sp³-hybridized carbons (Fsp3) is 0.300. The Hall–Kier alpha value is -2.06. The van der Waals surface area contributed by atoms with Crippen LogP contribution in [0.2, 0.25) is 0 Å². The van der Waals surface area contributed by atoms with Crippen molar-refractivity contribution in [1.29, 1.82) is 0 Å². The van der Waals surface area contributed by atoms with Crippen molar-refractivity contribution in [3.63, 3.8) is 0 Å². The maximum atomic E-state index is 3.89. The van der Waals surface area contributed by atoms with Gasteiger partial charge in [0, 0.05) is 41.8 Å². The van der Waals surface area contributed by atoms with Crippen LogP contribution in [0.1, 0.15) is 17.7 Å². The molecule has 0 unspecified atom stereocenters. The Bertz CT molecular complexity index is 746. The summed E-state index contributed by atoms with van der Waals surface area (Å²) in [4.78, 5) is 2.35. The average molecular weight is 292 g/mol. The molecule has 0 aliphatic carbocycles. The lowest BCUT2D eigenvalue weighted by atomic mass is 10.1. The average Bonchev–Trinajstić information content (AvgIpc) is 2.80. The predicted octanol–water partition coefficient (Wildman–Crippen LogP) is 4.41. The van der Waals surface area contributed by atoms with Gasteiger partial charge < -0.3 is 9.47 Å². The van der Waals surface area contributed by atoms with Crippen molar-refractivity contribution in [3.05, 3.63) is 65.9 Å². The Morgan fingerprint density at radius 1 is 1.23 bits per heavy atom. The molecule has 0 bridgehead atoms. The molecule has 2 nitrogen and oxygen atoms in total. The standard InChI is InChI=1S/C20H24N2/c1-4-13-22-16(2)18(19-7-5-6-8-20(19)22)10-9-17-11-14-21(3)15-12-17/h4-11H,1,12-15H2,2-3H3. The van der Waals surface area contributed by atoms with Crippen molar-refractivity contribution >= 4 is 17.0 Å².